The molecule has 0 aliphatic carbocycles. The molecule has 0 aliphatic heterocycles. The monoisotopic (exact) mass is 208 g/mol. The van der Waals surface area contributed by atoms with Crippen molar-refractivity contribution in [1.29, 1.82) is 0 Å². The maximum Gasteiger partial charge on any atom is 0.153 e. The first kappa shape index (κ1) is 11.6. The van der Waals surface area contributed by atoms with Gasteiger partial charge in [0.25, 0.3) is 0 Å². The van der Waals surface area contributed by atoms with Gasteiger partial charge in [-0.25, -0.2) is 0 Å². The van der Waals surface area contributed by atoms with Crippen molar-refractivity contribution in [3.63, 3.8) is 0 Å². The minimum Gasteiger partial charge on any atom is -0.496 e. The van der Waals surface area contributed by atoms with Gasteiger partial charge in [0, 0.05) is 0 Å². The van der Waals surface area contributed by atoms with Crippen LogP contribution in [0.3, 0.4) is 0 Å². The third kappa shape index (κ3) is 2.49. The molecule has 0 aliphatic rings. The fraction of sp³-hybridized carbons (Fsp3) is 0.417. The maximum absolute atomic E-state index is 10.8. The van der Waals surface area contributed by atoms with Crippen molar-refractivity contribution in [3.05, 3.63) is 23.3 Å². The van der Waals surface area contributed by atoms with Crippen molar-refractivity contribution in [2.75, 3.05) is 14.2 Å². The lowest BCUT2D eigenvalue weighted by Crippen LogP contribution is -1.97. The lowest BCUT2D eigenvalue weighted by atomic mass is 10.1. The highest BCUT2D eigenvalue weighted by Crippen LogP contribution is 2.28. The summed E-state index contributed by atoms with van der Waals surface area (Å²) in [6.45, 7) is 2.10. The normalized spacial score (nSPS) is 9.80. The summed E-state index contributed by atoms with van der Waals surface area (Å²) in [6, 6.07) is 3.59. The van der Waals surface area contributed by atoms with Crippen LogP contribution in [0.5, 0.6) is 11.5 Å². The first-order chi connectivity index (χ1) is 7.26. The van der Waals surface area contributed by atoms with Crippen LogP contribution in [0.4, 0.5) is 0 Å². The zero-order valence-corrected chi connectivity index (χ0v) is 9.37. The quantitative estimate of drug-likeness (QED) is 0.697. The van der Waals surface area contributed by atoms with E-state index in [0.29, 0.717) is 11.3 Å². The predicted molar refractivity (Wildman–Crippen MR) is 58.9 cm³/mol. The standard InChI is InChI=1S/C12H16O3/c1-4-5-9-6-12(15-3)10(8-13)7-11(9)14-2/h6-8H,4-5H2,1-3H3. The van der Waals surface area contributed by atoms with E-state index in [0.717, 1.165) is 30.4 Å². The minimum atomic E-state index is 0.522. The van der Waals surface area contributed by atoms with Crippen LogP contribution >= 0.6 is 0 Å². The molecule has 82 valence electrons. The zero-order valence-electron chi connectivity index (χ0n) is 9.37. The molecule has 0 bridgehead atoms. The average Bonchev–Trinajstić information content (AvgIpc) is 2.28. The van der Waals surface area contributed by atoms with Crippen molar-refractivity contribution in [2.24, 2.45) is 0 Å². The highest BCUT2D eigenvalue weighted by atomic mass is 16.5. The molecule has 0 heterocycles. The number of aldehydes is 1. The van der Waals surface area contributed by atoms with Crippen molar-refractivity contribution in [1.82, 2.24) is 0 Å². The molecule has 0 atom stereocenters. The van der Waals surface area contributed by atoms with Gasteiger partial charge in [-0.3, -0.25) is 4.79 Å². The number of carbonyl (C=O) groups excluding carboxylic acids is 1. The lowest BCUT2D eigenvalue weighted by molar-refractivity contribution is 0.112. The van der Waals surface area contributed by atoms with E-state index in [9.17, 15) is 4.79 Å². The summed E-state index contributed by atoms with van der Waals surface area (Å²) in [5.41, 5.74) is 1.59. The Balaban J connectivity index is 3.20. The van der Waals surface area contributed by atoms with Gasteiger partial charge in [-0.2, -0.15) is 0 Å². The second-order valence-corrected chi connectivity index (χ2v) is 3.27. The molecule has 3 heteroatoms. The summed E-state index contributed by atoms with van der Waals surface area (Å²) < 4.78 is 10.4. The van der Waals surface area contributed by atoms with Crippen LogP contribution in [0.25, 0.3) is 0 Å². The van der Waals surface area contributed by atoms with Crippen molar-refractivity contribution in [3.8, 4) is 11.5 Å². The van der Waals surface area contributed by atoms with E-state index in [1.165, 1.54) is 0 Å². The summed E-state index contributed by atoms with van der Waals surface area (Å²) in [5.74, 6) is 1.36. The molecule has 0 aromatic heterocycles. The van der Waals surface area contributed by atoms with Gasteiger partial charge in [-0.05, 0) is 24.1 Å². The molecule has 1 aromatic rings. The molecule has 1 aromatic carbocycles. The third-order valence-electron chi connectivity index (χ3n) is 2.28. The van der Waals surface area contributed by atoms with E-state index in [1.54, 1.807) is 20.3 Å². The molecular formula is C12H16O3. The van der Waals surface area contributed by atoms with E-state index in [-0.39, 0.29) is 0 Å². The third-order valence-corrected chi connectivity index (χ3v) is 2.28. The molecule has 0 fully saturated rings. The Labute approximate surface area is 90.0 Å². The molecule has 0 spiro atoms. The summed E-state index contributed by atoms with van der Waals surface area (Å²) >= 11 is 0. The van der Waals surface area contributed by atoms with Crippen LogP contribution in [0, 0.1) is 0 Å². The largest absolute Gasteiger partial charge is 0.496 e. The summed E-state index contributed by atoms with van der Waals surface area (Å²) in [7, 11) is 3.17. The molecule has 3 nitrogen and oxygen atoms in total. The van der Waals surface area contributed by atoms with E-state index in [4.69, 9.17) is 9.47 Å². The lowest BCUT2D eigenvalue weighted by Gasteiger charge is -2.11. The fourth-order valence-corrected chi connectivity index (χ4v) is 1.54. The van der Waals surface area contributed by atoms with Gasteiger partial charge in [0.15, 0.2) is 6.29 Å². The number of carbonyl (C=O) groups is 1. The first-order valence-corrected chi connectivity index (χ1v) is 4.96. The smallest absolute Gasteiger partial charge is 0.153 e. The number of methoxy groups -OCH3 is 2. The van der Waals surface area contributed by atoms with Crippen LogP contribution in [0.1, 0.15) is 29.3 Å². The van der Waals surface area contributed by atoms with Crippen LogP contribution < -0.4 is 9.47 Å². The fourth-order valence-electron chi connectivity index (χ4n) is 1.54. The van der Waals surface area contributed by atoms with Crippen LogP contribution in [-0.2, 0) is 6.42 Å². The first-order valence-electron chi connectivity index (χ1n) is 4.96. The molecule has 0 N–H and O–H groups in total. The molecule has 1 rings (SSSR count). The Bertz CT molecular complexity index is 345. The van der Waals surface area contributed by atoms with Gasteiger partial charge in [-0.15, -0.1) is 0 Å². The van der Waals surface area contributed by atoms with Gasteiger partial charge in [0.05, 0.1) is 19.8 Å². The van der Waals surface area contributed by atoms with E-state index in [1.807, 2.05) is 6.07 Å². The van der Waals surface area contributed by atoms with E-state index in [2.05, 4.69) is 6.92 Å². The molecule has 0 amide bonds. The van der Waals surface area contributed by atoms with Crippen LogP contribution in [-0.4, -0.2) is 20.5 Å². The summed E-state index contributed by atoms with van der Waals surface area (Å²) in [5, 5.41) is 0. The molecule has 0 saturated heterocycles. The Hall–Kier alpha value is -1.51. The molecule has 0 unspecified atom stereocenters. The average molecular weight is 208 g/mol. The number of benzene rings is 1. The topological polar surface area (TPSA) is 35.5 Å². The van der Waals surface area contributed by atoms with E-state index >= 15 is 0 Å². The second kappa shape index (κ2) is 5.39. The van der Waals surface area contributed by atoms with Crippen molar-refractivity contribution in [2.45, 2.75) is 19.8 Å². The number of ether oxygens (including phenoxy) is 2. The van der Waals surface area contributed by atoms with Gasteiger partial charge >= 0.3 is 0 Å². The second-order valence-electron chi connectivity index (χ2n) is 3.27. The summed E-state index contributed by atoms with van der Waals surface area (Å²) in [6.07, 6.45) is 2.72. The Morgan fingerprint density at radius 3 is 2.33 bits per heavy atom. The minimum absolute atomic E-state index is 0.522. The Morgan fingerprint density at radius 2 is 1.87 bits per heavy atom. The van der Waals surface area contributed by atoms with E-state index < -0.39 is 0 Å². The summed E-state index contributed by atoms with van der Waals surface area (Å²) in [4.78, 5) is 10.8. The number of rotatable bonds is 5. The molecule has 0 radical (unpaired) electrons. The van der Waals surface area contributed by atoms with Gasteiger partial charge < -0.3 is 9.47 Å². The predicted octanol–water partition coefficient (Wildman–Crippen LogP) is 2.47. The molecular weight excluding hydrogens is 192 g/mol. The van der Waals surface area contributed by atoms with Gasteiger partial charge in [0.2, 0.25) is 0 Å². The zero-order chi connectivity index (χ0) is 11.3. The Morgan fingerprint density at radius 1 is 1.20 bits per heavy atom. The van der Waals surface area contributed by atoms with Crippen molar-refractivity contribution < 1.29 is 14.3 Å². The van der Waals surface area contributed by atoms with Crippen LogP contribution in [0.15, 0.2) is 12.1 Å². The van der Waals surface area contributed by atoms with Gasteiger partial charge in [0.1, 0.15) is 11.5 Å². The van der Waals surface area contributed by atoms with Crippen LogP contribution in [0.2, 0.25) is 0 Å². The number of aryl methyl sites for hydroxylation is 1. The Kier molecular flexibility index (Phi) is 4.16. The van der Waals surface area contributed by atoms with Gasteiger partial charge in [-0.1, -0.05) is 13.3 Å². The maximum atomic E-state index is 10.8. The highest BCUT2D eigenvalue weighted by molar-refractivity contribution is 5.80. The molecule has 0 saturated carbocycles. The number of hydrogen-bond acceptors (Lipinski definition) is 3. The van der Waals surface area contributed by atoms with Crippen molar-refractivity contribution >= 4 is 6.29 Å². The highest BCUT2D eigenvalue weighted by Gasteiger charge is 2.09. The SMILES string of the molecule is CCCc1cc(OC)c(C=O)cc1OC. The molecule has 15 heavy (non-hydrogen) atoms. The number of hydrogen-bond donors (Lipinski definition) is 0.